The van der Waals surface area contributed by atoms with Crippen LogP contribution < -0.4 is 5.32 Å². The van der Waals surface area contributed by atoms with Gasteiger partial charge >= 0.3 is 5.97 Å². The first-order chi connectivity index (χ1) is 14.0. The highest BCUT2D eigenvalue weighted by molar-refractivity contribution is 5.98. The van der Waals surface area contributed by atoms with E-state index in [0.29, 0.717) is 25.3 Å². The topological polar surface area (TPSA) is 67.4 Å². The minimum atomic E-state index is -0.916. The van der Waals surface area contributed by atoms with Gasteiger partial charge in [0.05, 0.1) is 6.54 Å². The van der Waals surface area contributed by atoms with Crippen LogP contribution in [-0.4, -0.2) is 15.6 Å². The SMILES string of the molecule is Cc1ccc(CNCc2c(C(=O)O)n(Cc3ccccc3C)c3ccccc23)o1. The highest BCUT2D eigenvalue weighted by Crippen LogP contribution is 2.28. The molecule has 0 saturated carbocycles. The number of nitrogens with zero attached hydrogens (tertiary/aromatic N) is 1. The number of aromatic carboxylic acids is 1. The zero-order valence-electron chi connectivity index (χ0n) is 16.6. The summed E-state index contributed by atoms with van der Waals surface area (Å²) in [7, 11) is 0. The van der Waals surface area contributed by atoms with Crippen LogP contribution in [0.4, 0.5) is 0 Å². The Morgan fingerprint density at radius 1 is 1.00 bits per heavy atom. The molecule has 148 valence electrons. The number of furan rings is 1. The molecule has 0 radical (unpaired) electrons. The zero-order chi connectivity index (χ0) is 20.4. The van der Waals surface area contributed by atoms with Crippen LogP contribution in [0.3, 0.4) is 0 Å². The van der Waals surface area contributed by atoms with E-state index in [9.17, 15) is 9.90 Å². The van der Waals surface area contributed by atoms with Crippen LogP contribution >= 0.6 is 0 Å². The first kappa shape index (κ1) is 19.0. The summed E-state index contributed by atoms with van der Waals surface area (Å²) in [6.07, 6.45) is 0. The first-order valence-electron chi connectivity index (χ1n) is 9.68. The quantitative estimate of drug-likeness (QED) is 0.473. The summed E-state index contributed by atoms with van der Waals surface area (Å²) in [5.74, 6) is 0.784. The van der Waals surface area contributed by atoms with Crippen LogP contribution in [0.5, 0.6) is 0 Å². The molecule has 4 aromatic rings. The van der Waals surface area contributed by atoms with Crippen molar-refractivity contribution in [3.63, 3.8) is 0 Å². The molecule has 2 aromatic heterocycles. The average Bonchev–Trinajstić information content (AvgIpc) is 3.25. The number of aromatic nitrogens is 1. The van der Waals surface area contributed by atoms with Gasteiger partial charge in [0.15, 0.2) is 0 Å². The van der Waals surface area contributed by atoms with Gasteiger partial charge in [-0.25, -0.2) is 4.79 Å². The van der Waals surface area contributed by atoms with Crippen molar-refractivity contribution in [2.24, 2.45) is 0 Å². The lowest BCUT2D eigenvalue weighted by Gasteiger charge is -2.11. The van der Waals surface area contributed by atoms with E-state index in [-0.39, 0.29) is 0 Å². The van der Waals surface area contributed by atoms with Crippen molar-refractivity contribution >= 4 is 16.9 Å². The summed E-state index contributed by atoms with van der Waals surface area (Å²) in [4.78, 5) is 12.3. The number of carboxylic acid groups (broad SMARTS) is 1. The van der Waals surface area contributed by atoms with Crippen molar-refractivity contribution < 1.29 is 14.3 Å². The third-order valence-electron chi connectivity index (χ3n) is 5.27. The second kappa shape index (κ2) is 7.97. The summed E-state index contributed by atoms with van der Waals surface area (Å²) < 4.78 is 7.51. The third kappa shape index (κ3) is 3.82. The summed E-state index contributed by atoms with van der Waals surface area (Å²) in [5.41, 5.74) is 4.32. The molecule has 0 fully saturated rings. The van der Waals surface area contributed by atoms with Crippen LogP contribution in [0.1, 0.15) is 38.7 Å². The fourth-order valence-corrected chi connectivity index (χ4v) is 3.81. The van der Waals surface area contributed by atoms with Crippen molar-refractivity contribution in [1.29, 1.82) is 0 Å². The van der Waals surface area contributed by atoms with Gasteiger partial charge in [-0.1, -0.05) is 42.5 Å². The highest BCUT2D eigenvalue weighted by Gasteiger charge is 2.22. The number of carboxylic acids is 1. The van der Waals surface area contributed by atoms with Crippen molar-refractivity contribution in [3.05, 3.63) is 94.6 Å². The lowest BCUT2D eigenvalue weighted by Crippen LogP contribution is -2.17. The molecule has 0 aliphatic rings. The molecule has 0 atom stereocenters. The molecule has 0 amide bonds. The second-order valence-electron chi connectivity index (χ2n) is 7.28. The Hall–Kier alpha value is -3.31. The lowest BCUT2D eigenvalue weighted by atomic mass is 10.1. The van der Waals surface area contributed by atoms with E-state index in [1.807, 2.05) is 66.1 Å². The Balaban J connectivity index is 1.72. The molecular formula is C24H24N2O3. The maximum absolute atomic E-state index is 12.3. The number of rotatable bonds is 7. The van der Waals surface area contributed by atoms with Gasteiger partial charge in [0, 0.05) is 29.6 Å². The molecule has 4 rings (SSSR count). The van der Waals surface area contributed by atoms with Crippen LogP contribution in [0.2, 0.25) is 0 Å². The van der Waals surface area contributed by atoms with Gasteiger partial charge in [-0.15, -0.1) is 0 Å². The maximum atomic E-state index is 12.3. The van der Waals surface area contributed by atoms with Gasteiger partial charge in [0.1, 0.15) is 17.2 Å². The second-order valence-corrected chi connectivity index (χ2v) is 7.28. The fourth-order valence-electron chi connectivity index (χ4n) is 3.81. The van der Waals surface area contributed by atoms with E-state index in [2.05, 4.69) is 18.3 Å². The molecule has 0 spiro atoms. The van der Waals surface area contributed by atoms with E-state index >= 15 is 0 Å². The van der Waals surface area contributed by atoms with Crippen molar-refractivity contribution in [2.45, 2.75) is 33.5 Å². The number of fused-ring (bicyclic) bond motifs is 1. The molecule has 2 aromatic carbocycles. The minimum absolute atomic E-state index is 0.331. The van der Waals surface area contributed by atoms with Gasteiger partial charge in [-0.05, 0) is 43.2 Å². The number of para-hydroxylation sites is 1. The standard InChI is InChI=1S/C24H24N2O3/c1-16-7-3-4-8-18(16)15-26-22-10-6-5-9-20(22)21(23(26)24(27)28)14-25-13-19-12-11-17(2)29-19/h3-12,25H,13-15H2,1-2H3,(H,27,28). The van der Waals surface area contributed by atoms with E-state index < -0.39 is 5.97 Å². The van der Waals surface area contributed by atoms with Crippen molar-refractivity contribution in [1.82, 2.24) is 9.88 Å². The van der Waals surface area contributed by atoms with E-state index in [4.69, 9.17) is 4.42 Å². The first-order valence-corrected chi connectivity index (χ1v) is 9.68. The monoisotopic (exact) mass is 388 g/mol. The molecule has 2 heterocycles. The smallest absolute Gasteiger partial charge is 0.352 e. The van der Waals surface area contributed by atoms with Gasteiger partial charge in [0.2, 0.25) is 0 Å². The summed E-state index contributed by atoms with van der Waals surface area (Å²) in [6.45, 7) is 5.47. The number of carbonyl (C=O) groups is 1. The Morgan fingerprint density at radius 3 is 2.48 bits per heavy atom. The normalized spacial score (nSPS) is 11.2. The number of hydrogen-bond donors (Lipinski definition) is 2. The Kier molecular flexibility index (Phi) is 5.23. The molecule has 2 N–H and O–H groups in total. The number of hydrogen-bond acceptors (Lipinski definition) is 3. The van der Waals surface area contributed by atoms with Gasteiger partial charge in [0.25, 0.3) is 0 Å². The number of nitrogens with one attached hydrogen (secondary N) is 1. The fraction of sp³-hybridized carbons (Fsp3) is 0.208. The molecule has 0 aliphatic carbocycles. The van der Waals surface area contributed by atoms with Gasteiger partial charge in [-0.3, -0.25) is 0 Å². The van der Waals surface area contributed by atoms with Crippen molar-refractivity contribution in [2.75, 3.05) is 0 Å². The minimum Gasteiger partial charge on any atom is -0.477 e. The van der Waals surface area contributed by atoms with Crippen LogP contribution in [0, 0.1) is 13.8 Å². The maximum Gasteiger partial charge on any atom is 0.352 e. The molecule has 0 unspecified atom stereocenters. The molecule has 0 saturated heterocycles. The molecule has 5 heteroatoms. The predicted molar refractivity (Wildman–Crippen MR) is 113 cm³/mol. The van der Waals surface area contributed by atoms with Crippen LogP contribution in [-0.2, 0) is 19.6 Å². The number of aryl methyl sites for hydroxylation is 2. The Morgan fingerprint density at radius 2 is 1.76 bits per heavy atom. The Labute approximate surface area is 169 Å². The molecule has 29 heavy (non-hydrogen) atoms. The van der Waals surface area contributed by atoms with E-state index in [0.717, 1.165) is 39.1 Å². The summed E-state index contributed by atoms with van der Waals surface area (Å²) in [5, 5.41) is 14.3. The average molecular weight is 388 g/mol. The largest absolute Gasteiger partial charge is 0.477 e. The third-order valence-corrected chi connectivity index (χ3v) is 5.27. The number of benzene rings is 2. The van der Waals surface area contributed by atoms with E-state index in [1.54, 1.807) is 0 Å². The van der Waals surface area contributed by atoms with E-state index in [1.165, 1.54) is 0 Å². The van der Waals surface area contributed by atoms with Crippen LogP contribution in [0.25, 0.3) is 10.9 Å². The van der Waals surface area contributed by atoms with Crippen molar-refractivity contribution in [3.8, 4) is 0 Å². The summed E-state index contributed by atoms with van der Waals surface area (Å²) in [6, 6.07) is 19.8. The van der Waals surface area contributed by atoms with Gasteiger partial charge < -0.3 is 19.4 Å². The molecular weight excluding hydrogens is 364 g/mol. The molecule has 0 aliphatic heterocycles. The zero-order valence-corrected chi connectivity index (χ0v) is 16.6. The highest BCUT2D eigenvalue weighted by atomic mass is 16.4. The summed E-state index contributed by atoms with van der Waals surface area (Å²) >= 11 is 0. The Bertz CT molecular complexity index is 1170. The van der Waals surface area contributed by atoms with Gasteiger partial charge in [-0.2, -0.15) is 0 Å². The predicted octanol–water partition coefficient (Wildman–Crippen LogP) is 4.89. The molecule has 0 bridgehead atoms. The lowest BCUT2D eigenvalue weighted by molar-refractivity contribution is 0.0684. The van der Waals surface area contributed by atoms with Crippen LogP contribution in [0.15, 0.2) is 65.1 Å². The molecule has 5 nitrogen and oxygen atoms in total.